The van der Waals surface area contributed by atoms with E-state index in [1.165, 1.54) is 4.90 Å². The van der Waals surface area contributed by atoms with E-state index in [4.69, 9.17) is 5.26 Å². The van der Waals surface area contributed by atoms with Crippen LogP contribution in [0.3, 0.4) is 0 Å². The lowest BCUT2D eigenvalue weighted by Gasteiger charge is -2.33. The van der Waals surface area contributed by atoms with Crippen molar-refractivity contribution in [2.75, 3.05) is 6.54 Å². The molecule has 0 bridgehead atoms. The van der Waals surface area contributed by atoms with E-state index >= 15 is 0 Å². The van der Waals surface area contributed by atoms with Gasteiger partial charge in [0.1, 0.15) is 5.70 Å². The van der Waals surface area contributed by atoms with Gasteiger partial charge in [-0.3, -0.25) is 0 Å². The van der Waals surface area contributed by atoms with E-state index in [0.29, 0.717) is 0 Å². The summed E-state index contributed by atoms with van der Waals surface area (Å²) in [6, 6.07) is 0.120. The van der Waals surface area contributed by atoms with Crippen molar-refractivity contribution < 1.29 is 18.0 Å². The second-order valence-corrected chi connectivity index (χ2v) is 3.22. The summed E-state index contributed by atoms with van der Waals surface area (Å²) in [7, 11) is 0. The Balaban J connectivity index is 3.01. The maximum absolute atomic E-state index is 12.4. The normalized spacial score (nSPS) is 21.2. The Kier molecular flexibility index (Phi) is 3.42. The Morgan fingerprint density at radius 2 is 2.25 bits per heavy atom. The number of amides is 2. The molecule has 0 aromatic rings. The molecular formula is C9H10F3N3O. The van der Waals surface area contributed by atoms with E-state index < -0.39 is 23.9 Å². The molecule has 0 saturated heterocycles. The number of halogens is 3. The van der Waals surface area contributed by atoms with E-state index in [-0.39, 0.29) is 13.0 Å². The Bertz CT molecular complexity index is 356. The molecule has 16 heavy (non-hydrogen) atoms. The lowest BCUT2D eigenvalue weighted by molar-refractivity contribution is -0.0974. The average molecular weight is 233 g/mol. The van der Waals surface area contributed by atoms with Crippen molar-refractivity contribution in [3.8, 4) is 6.07 Å². The summed E-state index contributed by atoms with van der Waals surface area (Å²) in [6.45, 7) is 1.89. The van der Waals surface area contributed by atoms with Crippen molar-refractivity contribution in [2.24, 2.45) is 0 Å². The number of carbonyl (C=O) groups excluding carboxylic acids is 1. The monoisotopic (exact) mass is 233 g/mol. The van der Waals surface area contributed by atoms with Gasteiger partial charge in [-0.1, -0.05) is 0 Å². The van der Waals surface area contributed by atoms with Gasteiger partial charge in [-0.2, -0.15) is 18.4 Å². The van der Waals surface area contributed by atoms with Crippen molar-refractivity contribution in [2.45, 2.75) is 25.6 Å². The number of allylic oxidation sites excluding steroid dienone is 1. The Morgan fingerprint density at radius 3 is 2.69 bits per heavy atom. The minimum absolute atomic E-state index is 0.152. The fraction of sp³-hybridized carbons (Fsp3) is 0.556. The van der Waals surface area contributed by atoms with Gasteiger partial charge in [0.05, 0.1) is 18.5 Å². The zero-order valence-electron chi connectivity index (χ0n) is 8.51. The van der Waals surface area contributed by atoms with Crippen LogP contribution in [0.2, 0.25) is 0 Å². The third-order valence-electron chi connectivity index (χ3n) is 2.21. The predicted octanol–water partition coefficient (Wildman–Crippen LogP) is 1.76. The fourth-order valence-corrected chi connectivity index (χ4v) is 1.47. The number of hydrogen-bond acceptors (Lipinski definition) is 2. The molecule has 1 atom stereocenters. The lowest BCUT2D eigenvalue weighted by Crippen LogP contribution is -2.51. The highest BCUT2D eigenvalue weighted by atomic mass is 19.4. The first-order valence-electron chi connectivity index (χ1n) is 4.63. The number of nitrogens with zero attached hydrogens (tertiary/aromatic N) is 2. The van der Waals surface area contributed by atoms with Gasteiger partial charge >= 0.3 is 12.2 Å². The molecule has 0 fully saturated rings. The molecule has 0 spiro atoms. The van der Waals surface area contributed by atoms with Crippen molar-refractivity contribution in [3.05, 3.63) is 11.8 Å². The van der Waals surface area contributed by atoms with Gasteiger partial charge in [0, 0.05) is 6.54 Å². The summed E-state index contributed by atoms with van der Waals surface area (Å²) in [5, 5.41) is 10.2. The molecule has 0 aromatic heterocycles. The van der Waals surface area contributed by atoms with Crippen LogP contribution in [-0.4, -0.2) is 29.7 Å². The van der Waals surface area contributed by atoms with Crippen molar-refractivity contribution in [1.29, 1.82) is 5.26 Å². The summed E-state index contributed by atoms with van der Waals surface area (Å²) in [6.07, 6.45) is -3.88. The lowest BCUT2D eigenvalue weighted by atomic mass is 10.1. The van der Waals surface area contributed by atoms with Gasteiger partial charge in [-0.25, -0.2) is 4.79 Å². The minimum atomic E-state index is -4.59. The first kappa shape index (κ1) is 12.4. The van der Waals surface area contributed by atoms with Crippen molar-refractivity contribution in [3.63, 3.8) is 0 Å². The van der Waals surface area contributed by atoms with Gasteiger partial charge in [0.25, 0.3) is 0 Å². The van der Waals surface area contributed by atoms with Crippen LogP contribution in [0.4, 0.5) is 18.0 Å². The summed E-state index contributed by atoms with van der Waals surface area (Å²) in [5.74, 6) is 0. The van der Waals surface area contributed by atoms with E-state index in [2.05, 4.69) is 0 Å². The van der Waals surface area contributed by atoms with E-state index in [1.807, 2.05) is 0 Å². The van der Waals surface area contributed by atoms with Gasteiger partial charge in [0.15, 0.2) is 0 Å². The molecule has 1 aliphatic rings. The summed E-state index contributed by atoms with van der Waals surface area (Å²) < 4.78 is 37.1. The van der Waals surface area contributed by atoms with Gasteiger partial charge in [0.2, 0.25) is 0 Å². The second-order valence-electron chi connectivity index (χ2n) is 3.22. The maximum atomic E-state index is 12.4. The van der Waals surface area contributed by atoms with Gasteiger partial charge < -0.3 is 10.2 Å². The zero-order valence-corrected chi connectivity index (χ0v) is 8.51. The Labute approximate surface area is 90.3 Å². The van der Waals surface area contributed by atoms with Crippen LogP contribution in [0.5, 0.6) is 0 Å². The molecule has 88 valence electrons. The van der Waals surface area contributed by atoms with E-state index in [9.17, 15) is 18.0 Å². The molecule has 0 saturated carbocycles. The van der Waals surface area contributed by atoms with Crippen molar-refractivity contribution >= 4 is 6.03 Å². The summed E-state index contributed by atoms with van der Waals surface area (Å²) in [4.78, 5) is 12.5. The number of urea groups is 1. The fourth-order valence-electron chi connectivity index (χ4n) is 1.47. The topological polar surface area (TPSA) is 56.1 Å². The largest absolute Gasteiger partial charge is 0.431 e. The van der Waals surface area contributed by atoms with Crippen LogP contribution < -0.4 is 5.32 Å². The molecule has 0 aromatic carbocycles. The standard InChI is InChI=1S/C9H10F3N3O/c1-2-15-6(3-4-13)5-7(9(10,11)12)14-8(15)16/h5-6H,2-3H2,1H3,(H,14,16). The summed E-state index contributed by atoms with van der Waals surface area (Å²) >= 11 is 0. The predicted molar refractivity (Wildman–Crippen MR) is 49.1 cm³/mol. The van der Waals surface area contributed by atoms with Crippen LogP contribution >= 0.6 is 0 Å². The van der Waals surface area contributed by atoms with Gasteiger partial charge in [-0.05, 0) is 13.0 Å². The quantitative estimate of drug-likeness (QED) is 0.790. The molecule has 1 rings (SSSR count). The van der Waals surface area contributed by atoms with Crippen molar-refractivity contribution in [1.82, 2.24) is 10.2 Å². The molecule has 4 nitrogen and oxygen atoms in total. The highest BCUT2D eigenvalue weighted by Gasteiger charge is 2.40. The molecule has 1 heterocycles. The zero-order chi connectivity index (χ0) is 12.3. The highest BCUT2D eigenvalue weighted by molar-refractivity contribution is 5.78. The molecule has 1 aliphatic heterocycles. The Hall–Kier alpha value is -1.71. The average Bonchev–Trinajstić information content (AvgIpc) is 2.16. The number of nitriles is 1. The molecule has 1 N–H and O–H groups in total. The third kappa shape index (κ3) is 2.45. The van der Waals surface area contributed by atoms with Crippen LogP contribution in [0.15, 0.2) is 11.8 Å². The minimum Gasteiger partial charge on any atom is -0.317 e. The molecule has 0 aliphatic carbocycles. The maximum Gasteiger partial charge on any atom is 0.431 e. The molecule has 0 radical (unpaired) electrons. The first-order valence-corrected chi connectivity index (χ1v) is 4.63. The second kappa shape index (κ2) is 4.43. The van der Waals surface area contributed by atoms with Crippen LogP contribution in [0.1, 0.15) is 13.3 Å². The van der Waals surface area contributed by atoms with Crippen LogP contribution in [0.25, 0.3) is 0 Å². The number of hydrogen-bond donors (Lipinski definition) is 1. The SMILES string of the molecule is CCN1C(=O)NC(C(F)(F)F)=CC1CC#N. The smallest absolute Gasteiger partial charge is 0.317 e. The van der Waals surface area contributed by atoms with E-state index in [0.717, 1.165) is 6.08 Å². The third-order valence-corrected chi connectivity index (χ3v) is 2.21. The molecule has 2 amide bonds. The molecule has 1 unspecified atom stereocenters. The number of rotatable bonds is 2. The highest BCUT2D eigenvalue weighted by Crippen LogP contribution is 2.27. The number of alkyl halides is 3. The molecule has 7 heteroatoms. The van der Waals surface area contributed by atoms with Gasteiger partial charge in [-0.15, -0.1) is 0 Å². The van der Waals surface area contributed by atoms with E-state index in [1.54, 1.807) is 18.3 Å². The van der Waals surface area contributed by atoms with Crippen LogP contribution in [-0.2, 0) is 0 Å². The number of carbonyl (C=O) groups is 1. The summed E-state index contributed by atoms with van der Waals surface area (Å²) in [5.41, 5.74) is -1.09. The first-order chi connectivity index (χ1) is 7.40. The molecular weight excluding hydrogens is 223 g/mol. The number of likely N-dealkylation sites (N-methyl/N-ethyl adjacent to an activating group) is 1. The number of nitrogens with one attached hydrogen (secondary N) is 1. The Morgan fingerprint density at radius 1 is 1.62 bits per heavy atom. The van der Waals surface area contributed by atoms with Crippen LogP contribution in [0, 0.1) is 11.3 Å².